The minimum Gasteiger partial charge on any atom is -0.337 e. The molecule has 2 aliphatic rings. The molecule has 2 aliphatic heterocycles. The molecule has 2 aromatic rings. The number of halogens is 3. The van der Waals surface area contributed by atoms with Crippen LogP contribution in [0.2, 0.25) is 0 Å². The van der Waals surface area contributed by atoms with Gasteiger partial charge >= 0.3 is 5.51 Å². The third-order valence-electron chi connectivity index (χ3n) is 8.18. The Balaban J connectivity index is 1.55. The Kier molecular flexibility index (Phi) is 9.71. The topological polar surface area (TPSA) is 26.8 Å². The van der Waals surface area contributed by atoms with Crippen LogP contribution in [0.15, 0.2) is 59.5 Å². The monoisotopic (exact) mass is 561 g/mol. The van der Waals surface area contributed by atoms with Crippen molar-refractivity contribution in [2.24, 2.45) is 11.3 Å². The van der Waals surface area contributed by atoms with Gasteiger partial charge in [0.05, 0.1) is 6.04 Å². The van der Waals surface area contributed by atoms with E-state index in [1.807, 2.05) is 30.3 Å². The average Bonchev–Trinajstić information content (AvgIpc) is 3.08. The van der Waals surface area contributed by atoms with Crippen LogP contribution in [0.3, 0.4) is 0 Å². The molecule has 4 nitrogen and oxygen atoms in total. The summed E-state index contributed by atoms with van der Waals surface area (Å²) >= 11 is -0.0851. The molecule has 0 aromatic heterocycles. The summed E-state index contributed by atoms with van der Waals surface area (Å²) in [5.74, 6) is 0.695. The average molecular weight is 562 g/mol. The molecule has 214 valence electrons. The van der Waals surface area contributed by atoms with Crippen molar-refractivity contribution in [3.05, 3.63) is 65.7 Å². The Labute approximate surface area is 235 Å². The molecule has 0 bridgehead atoms. The van der Waals surface area contributed by atoms with Gasteiger partial charge in [0.25, 0.3) is 0 Å². The first-order valence-electron chi connectivity index (χ1n) is 14.0. The number of amides is 1. The number of rotatable bonds is 6. The molecule has 3 atom stereocenters. The Bertz CT molecular complexity index is 1070. The van der Waals surface area contributed by atoms with Crippen molar-refractivity contribution < 1.29 is 18.0 Å². The van der Waals surface area contributed by atoms with E-state index in [4.69, 9.17) is 0 Å². The van der Waals surface area contributed by atoms with Gasteiger partial charge in [0.1, 0.15) is 0 Å². The first-order valence-corrected chi connectivity index (χ1v) is 14.8. The van der Waals surface area contributed by atoms with Crippen LogP contribution in [0.5, 0.6) is 0 Å². The number of hydrogen-bond donors (Lipinski definition) is 0. The number of thioether (sulfide) groups is 1. The summed E-state index contributed by atoms with van der Waals surface area (Å²) in [5, 5.41) is 0. The summed E-state index contributed by atoms with van der Waals surface area (Å²) in [5.41, 5.74) is -2.37. The first-order chi connectivity index (χ1) is 18.4. The number of hydrogen-bond acceptors (Lipinski definition) is 4. The van der Waals surface area contributed by atoms with Gasteiger partial charge in [-0.15, -0.1) is 0 Å². The lowest BCUT2D eigenvalue weighted by molar-refractivity contribution is -0.141. The highest BCUT2D eigenvalue weighted by Gasteiger charge is 2.40. The van der Waals surface area contributed by atoms with E-state index >= 15 is 0 Å². The number of benzene rings is 2. The Morgan fingerprint density at radius 2 is 1.59 bits per heavy atom. The SMILES string of the molecule is CN1CCCC(CC(=O)N2CCN(C(c3ccccc3)c3ccc(SC(F)(F)F)cc3)CC2C(C)(C)C)CC1. The fraction of sp³-hybridized carbons (Fsp3) is 0.581. The second-order valence-electron chi connectivity index (χ2n) is 12.2. The maximum atomic E-state index is 13.7. The van der Waals surface area contributed by atoms with Gasteiger partial charge < -0.3 is 9.80 Å². The van der Waals surface area contributed by atoms with Crippen LogP contribution in [0.25, 0.3) is 0 Å². The van der Waals surface area contributed by atoms with E-state index in [-0.39, 0.29) is 40.1 Å². The lowest BCUT2D eigenvalue weighted by Crippen LogP contribution is -2.60. The zero-order valence-corrected chi connectivity index (χ0v) is 24.4. The maximum Gasteiger partial charge on any atom is 0.446 e. The Morgan fingerprint density at radius 1 is 0.923 bits per heavy atom. The predicted molar refractivity (Wildman–Crippen MR) is 153 cm³/mol. The van der Waals surface area contributed by atoms with Crippen LogP contribution in [-0.4, -0.2) is 71.9 Å². The van der Waals surface area contributed by atoms with Crippen LogP contribution in [-0.2, 0) is 4.79 Å². The van der Waals surface area contributed by atoms with Crippen molar-refractivity contribution >= 4 is 17.7 Å². The number of likely N-dealkylation sites (tertiary alicyclic amines) is 1. The standard InChI is InChI=1S/C31H42F3N3OS/c1-30(2,3)27-22-36(19-20-37(27)28(38)21-23-9-8-17-35(4)18-16-23)29(24-10-6-5-7-11-24)25-12-14-26(15-13-25)39-31(32,33)34/h5-7,10-15,23,27,29H,8-9,16-22H2,1-4H3. The van der Waals surface area contributed by atoms with E-state index in [2.05, 4.69) is 54.7 Å². The second-order valence-corrected chi connectivity index (χ2v) is 13.3. The van der Waals surface area contributed by atoms with E-state index < -0.39 is 5.51 Å². The minimum atomic E-state index is -4.31. The highest BCUT2D eigenvalue weighted by atomic mass is 32.2. The minimum absolute atomic E-state index is 0.0403. The van der Waals surface area contributed by atoms with Crippen LogP contribution < -0.4 is 0 Å². The number of carbonyl (C=O) groups is 1. The largest absolute Gasteiger partial charge is 0.446 e. The van der Waals surface area contributed by atoms with Gasteiger partial charge in [-0.05, 0) is 85.8 Å². The molecule has 0 spiro atoms. The molecule has 4 rings (SSSR count). The molecule has 2 heterocycles. The van der Waals surface area contributed by atoms with E-state index in [0.29, 0.717) is 32.0 Å². The molecule has 3 unspecified atom stereocenters. The van der Waals surface area contributed by atoms with Gasteiger partial charge in [-0.3, -0.25) is 9.69 Å². The van der Waals surface area contributed by atoms with Crippen LogP contribution in [0.1, 0.15) is 63.6 Å². The third kappa shape index (κ3) is 8.24. The number of alkyl halides is 3. The predicted octanol–water partition coefficient (Wildman–Crippen LogP) is 7.07. The van der Waals surface area contributed by atoms with Crippen molar-refractivity contribution in [1.82, 2.24) is 14.7 Å². The van der Waals surface area contributed by atoms with Gasteiger partial charge in [0.15, 0.2) is 0 Å². The van der Waals surface area contributed by atoms with E-state index in [1.54, 1.807) is 12.1 Å². The molecule has 0 N–H and O–H groups in total. The summed E-state index contributed by atoms with van der Waals surface area (Å²) in [6.45, 7) is 10.8. The number of piperazine rings is 1. The first kappa shape index (κ1) is 29.9. The van der Waals surface area contributed by atoms with Gasteiger partial charge in [-0.1, -0.05) is 63.2 Å². The molecule has 0 aliphatic carbocycles. The molecule has 1 amide bonds. The van der Waals surface area contributed by atoms with Crippen LogP contribution in [0, 0.1) is 11.3 Å². The molecule has 8 heteroatoms. The van der Waals surface area contributed by atoms with Crippen molar-refractivity contribution in [2.45, 2.75) is 68.9 Å². The van der Waals surface area contributed by atoms with Crippen molar-refractivity contribution in [3.8, 4) is 0 Å². The maximum absolute atomic E-state index is 13.7. The Hall–Kier alpha value is -2.03. The molecular formula is C31H42F3N3OS. The smallest absolute Gasteiger partial charge is 0.337 e. The van der Waals surface area contributed by atoms with Crippen molar-refractivity contribution in [3.63, 3.8) is 0 Å². The fourth-order valence-electron chi connectivity index (χ4n) is 6.06. The fourth-order valence-corrected chi connectivity index (χ4v) is 6.60. The summed E-state index contributed by atoms with van der Waals surface area (Å²) < 4.78 is 38.8. The molecule has 2 fully saturated rings. The third-order valence-corrected chi connectivity index (χ3v) is 8.92. The van der Waals surface area contributed by atoms with E-state index in [0.717, 1.165) is 43.5 Å². The molecule has 39 heavy (non-hydrogen) atoms. The van der Waals surface area contributed by atoms with Gasteiger partial charge in [0, 0.05) is 37.0 Å². The Morgan fingerprint density at radius 3 is 2.23 bits per heavy atom. The van der Waals surface area contributed by atoms with Crippen molar-refractivity contribution in [1.29, 1.82) is 0 Å². The normalized spacial score (nSPS) is 22.9. The zero-order chi connectivity index (χ0) is 28.2. The lowest BCUT2D eigenvalue weighted by Gasteiger charge is -2.49. The summed E-state index contributed by atoms with van der Waals surface area (Å²) in [6.07, 6.45) is 3.93. The summed E-state index contributed by atoms with van der Waals surface area (Å²) in [4.78, 5) is 20.8. The summed E-state index contributed by atoms with van der Waals surface area (Å²) in [7, 11) is 2.16. The zero-order valence-electron chi connectivity index (χ0n) is 23.6. The van der Waals surface area contributed by atoms with Crippen LogP contribution >= 0.6 is 11.8 Å². The van der Waals surface area contributed by atoms with Crippen molar-refractivity contribution in [2.75, 3.05) is 39.8 Å². The van der Waals surface area contributed by atoms with E-state index in [9.17, 15) is 18.0 Å². The highest BCUT2D eigenvalue weighted by Crippen LogP contribution is 2.39. The lowest BCUT2D eigenvalue weighted by atomic mass is 9.82. The quantitative estimate of drug-likeness (QED) is 0.353. The van der Waals surface area contributed by atoms with Gasteiger partial charge in [-0.25, -0.2) is 0 Å². The molecular weight excluding hydrogens is 519 g/mol. The summed E-state index contributed by atoms with van der Waals surface area (Å²) in [6, 6.07) is 16.8. The number of carbonyl (C=O) groups excluding carboxylic acids is 1. The highest BCUT2D eigenvalue weighted by molar-refractivity contribution is 8.00. The molecule has 0 radical (unpaired) electrons. The van der Waals surface area contributed by atoms with Gasteiger partial charge in [0.2, 0.25) is 5.91 Å². The van der Waals surface area contributed by atoms with Gasteiger partial charge in [-0.2, -0.15) is 13.2 Å². The second kappa shape index (κ2) is 12.6. The molecule has 0 saturated carbocycles. The molecule has 2 aromatic carbocycles. The van der Waals surface area contributed by atoms with Crippen LogP contribution in [0.4, 0.5) is 13.2 Å². The number of nitrogens with zero attached hydrogens (tertiary/aromatic N) is 3. The van der Waals surface area contributed by atoms with E-state index in [1.165, 1.54) is 0 Å². The molecule has 2 saturated heterocycles.